The summed E-state index contributed by atoms with van der Waals surface area (Å²) in [5.41, 5.74) is 0.558. The van der Waals surface area contributed by atoms with Crippen LogP contribution in [-0.4, -0.2) is 78.8 Å². The van der Waals surface area contributed by atoms with E-state index < -0.39 is 21.5 Å². The quantitative estimate of drug-likeness (QED) is 0.252. The molecule has 2 aliphatic heterocycles. The standard InChI is InChI=1S/C33H33ClN4O7S/c1-42-25-7-10-31(30(21-25)45-4)46(40,41)38-27-8-6-23(34)20-26(27)33(32(38)39,22-5-9-28(43-2)29(19-22)44-3)37-17-15-36(16-18-37)24-11-13-35-14-12-24/h5-14,19-21H,15-18H2,1-4H3. The predicted molar refractivity (Wildman–Crippen MR) is 174 cm³/mol. The number of sulfonamides is 1. The number of amides is 1. The second kappa shape index (κ2) is 12.3. The molecule has 0 saturated carbocycles. The van der Waals surface area contributed by atoms with E-state index in [-0.39, 0.29) is 16.3 Å². The van der Waals surface area contributed by atoms with Crippen LogP contribution in [0, 0.1) is 0 Å². The van der Waals surface area contributed by atoms with Gasteiger partial charge in [0.05, 0.1) is 34.1 Å². The van der Waals surface area contributed by atoms with Crippen molar-refractivity contribution in [3.8, 4) is 23.0 Å². The number of halogens is 1. The maximum absolute atomic E-state index is 15.2. The lowest BCUT2D eigenvalue weighted by Gasteiger charge is -2.45. The zero-order chi connectivity index (χ0) is 32.6. The third kappa shape index (κ3) is 4.97. The zero-order valence-corrected chi connectivity index (χ0v) is 27.3. The van der Waals surface area contributed by atoms with Gasteiger partial charge in [0.1, 0.15) is 16.4 Å². The van der Waals surface area contributed by atoms with Crippen molar-refractivity contribution in [2.24, 2.45) is 0 Å². The van der Waals surface area contributed by atoms with E-state index in [0.29, 0.717) is 59.6 Å². The van der Waals surface area contributed by atoms with Gasteiger partial charge in [-0.15, -0.1) is 0 Å². The van der Waals surface area contributed by atoms with E-state index >= 15 is 4.79 Å². The monoisotopic (exact) mass is 664 g/mol. The Bertz CT molecular complexity index is 1880. The highest BCUT2D eigenvalue weighted by atomic mass is 35.5. The molecule has 0 spiro atoms. The van der Waals surface area contributed by atoms with Gasteiger partial charge >= 0.3 is 0 Å². The smallest absolute Gasteiger partial charge is 0.274 e. The first-order chi connectivity index (χ1) is 22.2. The Balaban J connectivity index is 1.56. The van der Waals surface area contributed by atoms with Gasteiger partial charge in [0.2, 0.25) is 0 Å². The van der Waals surface area contributed by atoms with Crippen LogP contribution in [0.2, 0.25) is 5.02 Å². The van der Waals surface area contributed by atoms with E-state index in [0.717, 1.165) is 9.99 Å². The Morgan fingerprint density at radius 3 is 2.11 bits per heavy atom. The molecule has 46 heavy (non-hydrogen) atoms. The van der Waals surface area contributed by atoms with Gasteiger partial charge in [-0.05, 0) is 60.2 Å². The first-order valence-electron chi connectivity index (χ1n) is 14.4. The summed E-state index contributed by atoms with van der Waals surface area (Å²) in [6.45, 7) is 1.99. The molecule has 11 nitrogen and oxygen atoms in total. The molecule has 13 heteroatoms. The Labute approximate surface area is 272 Å². The van der Waals surface area contributed by atoms with Crippen LogP contribution in [0.25, 0.3) is 0 Å². The van der Waals surface area contributed by atoms with Gasteiger partial charge in [-0.25, -0.2) is 12.7 Å². The van der Waals surface area contributed by atoms with Gasteiger partial charge < -0.3 is 23.8 Å². The molecule has 1 fully saturated rings. The van der Waals surface area contributed by atoms with Gasteiger partial charge in [-0.2, -0.15) is 0 Å². The molecular formula is C33H33ClN4O7S. The third-order valence-electron chi connectivity index (χ3n) is 8.53. The molecule has 0 radical (unpaired) electrons. The van der Waals surface area contributed by atoms with Crippen LogP contribution in [0.5, 0.6) is 23.0 Å². The lowest BCUT2D eigenvalue weighted by Crippen LogP contribution is -2.60. The van der Waals surface area contributed by atoms with Gasteiger partial charge in [0.25, 0.3) is 15.9 Å². The molecule has 240 valence electrons. The van der Waals surface area contributed by atoms with Crippen LogP contribution in [0.1, 0.15) is 11.1 Å². The van der Waals surface area contributed by atoms with Crippen LogP contribution in [0.3, 0.4) is 0 Å². The van der Waals surface area contributed by atoms with Crippen molar-refractivity contribution in [3.63, 3.8) is 0 Å². The van der Waals surface area contributed by atoms with Crippen molar-refractivity contribution in [3.05, 3.63) is 95.3 Å². The number of hydrogen-bond donors (Lipinski definition) is 0. The maximum Gasteiger partial charge on any atom is 0.274 e. The van der Waals surface area contributed by atoms with E-state index in [4.69, 9.17) is 30.5 Å². The molecule has 0 bridgehead atoms. The number of anilines is 2. The van der Waals surface area contributed by atoms with Crippen molar-refractivity contribution >= 4 is 38.9 Å². The number of nitrogens with zero attached hydrogens (tertiary/aromatic N) is 4. The Kier molecular flexibility index (Phi) is 8.45. The topological polar surface area (TPSA) is 111 Å². The number of ether oxygens (including phenoxy) is 4. The van der Waals surface area contributed by atoms with Crippen molar-refractivity contribution < 1.29 is 32.2 Å². The average Bonchev–Trinajstić information content (AvgIpc) is 3.36. The van der Waals surface area contributed by atoms with Gasteiger partial charge in [0.15, 0.2) is 17.0 Å². The number of benzene rings is 3. The highest BCUT2D eigenvalue weighted by Crippen LogP contribution is 2.53. The van der Waals surface area contributed by atoms with Crippen LogP contribution in [-0.2, 0) is 20.4 Å². The molecule has 0 aliphatic carbocycles. The maximum atomic E-state index is 15.2. The van der Waals surface area contributed by atoms with Crippen LogP contribution in [0.15, 0.2) is 84.0 Å². The fourth-order valence-corrected chi connectivity index (χ4v) is 8.13. The van der Waals surface area contributed by atoms with Gasteiger partial charge in [-0.1, -0.05) is 17.7 Å². The summed E-state index contributed by atoms with van der Waals surface area (Å²) in [4.78, 5) is 23.4. The number of piperazine rings is 1. The summed E-state index contributed by atoms with van der Waals surface area (Å²) in [7, 11) is 1.35. The minimum Gasteiger partial charge on any atom is -0.497 e. The molecule has 1 unspecified atom stereocenters. The zero-order valence-electron chi connectivity index (χ0n) is 25.8. The number of methoxy groups -OCH3 is 4. The Morgan fingerprint density at radius 2 is 1.46 bits per heavy atom. The number of rotatable bonds is 9. The fourth-order valence-electron chi connectivity index (χ4n) is 6.36. The van der Waals surface area contributed by atoms with Gasteiger partial charge in [-0.3, -0.25) is 14.7 Å². The Morgan fingerprint density at radius 1 is 0.761 bits per heavy atom. The highest BCUT2D eigenvalue weighted by Gasteiger charge is 2.60. The predicted octanol–water partition coefficient (Wildman–Crippen LogP) is 4.57. The SMILES string of the molecule is COc1ccc(S(=O)(=O)N2C(=O)C(c3ccc(OC)c(OC)c3)(N3CCN(c4ccncc4)CC3)c3cc(Cl)ccc32)c(OC)c1. The summed E-state index contributed by atoms with van der Waals surface area (Å²) < 4.78 is 52.0. The molecule has 1 saturated heterocycles. The first kappa shape index (κ1) is 31.5. The van der Waals surface area contributed by atoms with Crippen molar-refractivity contribution in [2.45, 2.75) is 10.4 Å². The van der Waals surface area contributed by atoms with E-state index in [1.165, 1.54) is 46.6 Å². The lowest BCUT2D eigenvalue weighted by molar-refractivity contribution is -0.126. The molecule has 3 heterocycles. The molecule has 1 aromatic heterocycles. The largest absolute Gasteiger partial charge is 0.497 e. The van der Waals surface area contributed by atoms with Crippen molar-refractivity contribution in [1.82, 2.24) is 9.88 Å². The number of pyridine rings is 1. The van der Waals surface area contributed by atoms with E-state index in [2.05, 4.69) is 9.88 Å². The van der Waals surface area contributed by atoms with E-state index in [9.17, 15) is 8.42 Å². The minimum atomic E-state index is -4.52. The fraction of sp³-hybridized carbons (Fsp3) is 0.273. The molecule has 4 aromatic rings. The molecule has 1 amide bonds. The summed E-state index contributed by atoms with van der Waals surface area (Å²) in [5, 5.41) is 0.355. The van der Waals surface area contributed by atoms with Crippen molar-refractivity contribution in [2.75, 3.05) is 63.8 Å². The van der Waals surface area contributed by atoms with E-state index in [1.807, 2.05) is 17.0 Å². The molecule has 6 rings (SSSR count). The molecule has 1 atom stereocenters. The molecule has 2 aliphatic rings. The summed E-state index contributed by atoms with van der Waals surface area (Å²) in [6, 6.07) is 18.2. The lowest BCUT2D eigenvalue weighted by atomic mass is 9.81. The Hall–Kier alpha value is -4.52. The van der Waals surface area contributed by atoms with Crippen LogP contribution >= 0.6 is 11.6 Å². The van der Waals surface area contributed by atoms with Crippen LogP contribution in [0.4, 0.5) is 11.4 Å². The molecule has 0 N–H and O–H groups in total. The summed E-state index contributed by atoms with van der Waals surface area (Å²) in [6.07, 6.45) is 3.48. The average molecular weight is 665 g/mol. The second-order valence-electron chi connectivity index (χ2n) is 10.7. The highest BCUT2D eigenvalue weighted by molar-refractivity contribution is 7.93. The molecular weight excluding hydrogens is 632 g/mol. The summed E-state index contributed by atoms with van der Waals surface area (Å²) >= 11 is 6.60. The molecule has 3 aromatic carbocycles. The first-order valence-corrected chi connectivity index (χ1v) is 16.3. The van der Waals surface area contributed by atoms with Crippen molar-refractivity contribution in [1.29, 1.82) is 0 Å². The van der Waals surface area contributed by atoms with E-state index in [1.54, 1.807) is 48.8 Å². The number of carbonyl (C=O) groups is 1. The number of hydrogen-bond acceptors (Lipinski definition) is 10. The third-order valence-corrected chi connectivity index (χ3v) is 10.5. The number of aromatic nitrogens is 1. The van der Waals surface area contributed by atoms with Crippen LogP contribution < -0.4 is 28.2 Å². The number of fused-ring (bicyclic) bond motifs is 1. The normalized spacial score (nSPS) is 18.3. The summed E-state index contributed by atoms with van der Waals surface area (Å²) in [5.74, 6) is 0.629. The van der Waals surface area contributed by atoms with Gasteiger partial charge in [0, 0.05) is 60.9 Å². The number of carbonyl (C=O) groups excluding carboxylic acids is 1. The minimum absolute atomic E-state index is 0.0391. The second-order valence-corrected chi connectivity index (χ2v) is 12.9.